The Morgan fingerprint density at radius 3 is 2.95 bits per heavy atom. The number of benzene rings is 1. The second-order valence-corrected chi connectivity index (χ2v) is 5.58. The zero-order valence-electron chi connectivity index (χ0n) is 12.6. The van der Waals surface area contributed by atoms with Gasteiger partial charge in [0.15, 0.2) is 0 Å². The quantitative estimate of drug-likeness (QED) is 0.901. The van der Waals surface area contributed by atoms with E-state index in [0.717, 1.165) is 26.2 Å². The molecule has 0 radical (unpaired) electrons. The molecule has 0 aliphatic carbocycles. The fourth-order valence-electron chi connectivity index (χ4n) is 2.85. The topological polar surface area (TPSA) is 24.5 Å². The minimum Gasteiger partial charge on any atom is -0.374 e. The van der Waals surface area contributed by atoms with Crippen LogP contribution in [-0.2, 0) is 4.74 Å². The lowest BCUT2D eigenvalue weighted by molar-refractivity contribution is -0.0393. The third kappa shape index (κ3) is 3.56. The fraction of sp³-hybridized carbons (Fsp3) is 0.625. The second kappa shape index (κ2) is 6.51. The average molecular weight is 262 g/mol. The van der Waals surface area contributed by atoms with Crippen molar-refractivity contribution in [3.63, 3.8) is 0 Å². The number of aryl methyl sites for hydroxylation is 2. The van der Waals surface area contributed by atoms with E-state index >= 15 is 0 Å². The number of hydrogen-bond acceptors (Lipinski definition) is 3. The normalized spacial score (nSPS) is 22.4. The lowest BCUT2D eigenvalue weighted by atomic mass is 9.98. The molecule has 0 amide bonds. The zero-order valence-corrected chi connectivity index (χ0v) is 12.6. The lowest BCUT2D eigenvalue weighted by Gasteiger charge is -2.37. The van der Waals surface area contributed by atoms with Crippen molar-refractivity contribution in [2.75, 3.05) is 33.3 Å². The van der Waals surface area contributed by atoms with Crippen molar-refractivity contribution < 1.29 is 4.74 Å². The van der Waals surface area contributed by atoms with Gasteiger partial charge in [-0.1, -0.05) is 23.8 Å². The molecule has 3 heteroatoms. The summed E-state index contributed by atoms with van der Waals surface area (Å²) in [6.07, 6.45) is 0.311. The standard InChI is InChI=1S/C16H26N2O/c1-12-5-6-13(2)16(9-12)14(3)18-7-8-19-15(11-18)10-17-4/h5-6,9,14-15,17H,7-8,10-11H2,1-4H3. The summed E-state index contributed by atoms with van der Waals surface area (Å²) in [6, 6.07) is 7.20. The predicted octanol–water partition coefficient (Wildman–Crippen LogP) is 2.28. The maximum Gasteiger partial charge on any atom is 0.0826 e. The van der Waals surface area contributed by atoms with Crippen LogP contribution in [0.25, 0.3) is 0 Å². The van der Waals surface area contributed by atoms with Gasteiger partial charge in [0.25, 0.3) is 0 Å². The summed E-state index contributed by atoms with van der Waals surface area (Å²) in [7, 11) is 1.98. The highest BCUT2D eigenvalue weighted by Crippen LogP contribution is 2.26. The number of rotatable bonds is 4. The van der Waals surface area contributed by atoms with Gasteiger partial charge in [-0.25, -0.2) is 0 Å². The molecule has 0 aromatic heterocycles. The molecule has 1 aliphatic rings. The molecule has 1 aliphatic heterocycles. The summed E-state index contributed by atoms with van der Waals surface area (Å²) in [5, 5.41) is 3.21. The van der Waals surface area contributed by atoms with Crippen LogP contribution in [0.2, 0.25) is 0 Å². The van der Waals surface area contributed by atoms with Crippen LogP contribution in [0.4, 0.5) is 0 Å². The highest BCUT2D eigenvalue weighted by atomic mass is 16.5. The Balaban J connectivity index is 2.10. The molecule has 1 fully saturated rings. The molecule has 1 aromatic rings. The molecule has 0 spiro atoms. The van der Waals surface area contributed by atoms with Crippen molar-refractivity contribution in [2.24, 2.45) is 0 Å². The SMILES string of the molecule is CNCC1CN(C(C)c2cc(C)ccc2C)CCO1. The van der Waals surface area contributed by atoms with Gasteiger partial charge in [-0.05, 0) is 38.9 Å². The van der Waals surface area contributed by atoms with Crippen LogP contribution >= 0.6 is 0 Å². The van der Waals surface area contributed by atoms with Crippen molar-refractivity contribution in [2.45, 2.75) is 32.9 Å². The van der Waals surface area contributed by atoms with Crippen molar-refractivity contribution in [3.8, 4) is 0 Å². The molecule has 0 bridgehead atoms. The molecule has 2 atom stereocenters. The molecule has 106 valence electrons. The number of nitrogens with one attached hydrogen (secondary N) is 1. The third-order valence-corrected chi connectivity index (χ3v) is 4.03. The first-order chi connectivity index (χ1) is 9.11. The molecular weight excluding hydrogens is 236 g/mol. The summed E-state index contributed by atoms with van der Waals surface area (Å²) in [5.41, 5.74) is 4.17. The largest absolute Gasteiger partial charge is 0.374 e. The Morgan fingerprint density at radius 1 is 1.42 bits per heavy atom. The molecule has 2 unspecified atom stereocenters. The number of hydrogen-bond donors (Lipinski definition) is 1. The van der Waals surface area contributed by atoms with Crippen LogP contribution in [0, 0.1) is 13.8 Å². The van der Waals surface area contributed by atoms with Crippen LogP contribution in [0.1, 0.15) is 29.7 Å². The van der Waals surface area contributed by atoms with Gasteiger partial charge >= 0.3 is 0 Å². The van der Waals surface area contributed by atoms with E-state index in [1.807, 2.05) is 7.05 Å². The third-order valence-electron chi connectivity index (χ3n) is 4.03. The highest BCUT2D eigenvalue weighted by Gasteiger charge is 2.25. The molecule has 1 heterocycles. The van der Waals surface area contributed by atoms with Crippen molar-refractivity contribution >= 4 is 0 Å². The van der Waals surface area contributed by atoms with E-state index in [-0.39, 0.29) is 0 Å². The van der Waals surface area contributed by atoms with Crippen LogP contribution < -0.4 is 5.32 Å². The van der Waals surface area contributed by atoms with E-state index in [0.29, 0.717) is 12.1 Å². The van der Waals surface area contributed by atoms with Gasteiger partial charge < -0.3 is 10.1 Å². The van der Waals surface area contributed by atoms with E-state index in [1.54, 1.807) is 0 Å². The molecule has 3 nitrogen and oxygen atoms in total. The van der Waals surface area contributed by atoms with Crippen molar-refractivity contribution in [3.05, 3.63) is 34.9 Å². The predicted molar refractivity (Wildman–Crippen MR) is 79.6 cm³/mol. The second-order valence-electron chi connectivity index (χ2n) is 5.58. The molecule has 0 saturated carbocycles. The van der Waals surface area contributed by atoms with Gasteiger partial charge in [0.2, 0.25) is 0 Å². The van der Waals surface area contributed by atoms with Crippen LogP contribution in [0.3, 0.4) is 0 Å². The van der Waals surface area contributed by atoms with Gasteiger partial charge in [-0.3, -0.25) is 4.90 Å². The van der Waals surface area contributed by atoms with E-state index in [9.17, 15) is 0 Å². The number of ether oxygens (including phenoxy) is 1. The summed E-state index contributed by atoms with van der Waals surface area (Å²) in [5.74, 6) is 0. The van der Waals surface area contributed by atoms with Crippen LogP contribution in [0.15, 0.2) is 18.2 Å². The maximum atomic E-state index is 5.78. The van der Waals surface area contributed by atoms with E-state index in [1.165, 1.54) is 16.7 Å². The molecule has 19 heavy (non-hydrogen) atoms. The van der Waals surface area contributed by atoms with Crippen molar-refractivity contribution in [1.29, 1.82) is 0 Å². The Morgan fingerprint density at radius 2 is 2.21 bits per heavy atom. The molecule has 1 aromatic carbocycles. The first-order valence-electron chi connectivity index (χ1n) is 7.19. The monoisotopic (exact) mass is 262 g/mol. The Hall–Kier alpha value is -0.900. The smallest absolute Gasteiger partial charge is 0.0826 e. The van der Waals surface area contributed by atoms with Gasteiger partial charge in [-0.15, -0.1) is 0 Å². The van der Waals surface area contributed by atoms with E-state index < -0.39 is 0 Å². The number of nitrogens with zero attached hydrogens (tertiary/aromatic N) is 1. The Bertz CT molecular complexity index is 417. The fourth-order valence-corrected chi connectivity index (χ4v) is 2.85. The summed E-state index contributed by atoms with van der Waals surface area (Å²) >= 11 is 0. The summed E-state index contributed by atoms with van der Waals surface area (Å²) in [4.78, 5) is 2.54. The molecule has 1 N–H and O–H groups in total. The Kier molecular flexibility index (Phi) is 4.97. The first kappa shape index (κ1) is 14.5. The molecule has 2 rings (SSSR count). The summed E-state index contributed by atoms with van der Waals surface area (Å²) in [6.45, 7) is 10.5. The number of likely N-dealkylation sites (N-methyl/N-ethyl adjacent to an activating group) is 1. The Labute approximate surface area is 116 Å². The molecular formula is C16H26N2O. The summed E-state index contributed by atoms with van der Waals surface area (Å²) < 4.78 is 5.78. The van der Waals surface area contributed by atoms with Crippen molar-refractivity contribution in [1.82, 2.24) is 10.2 Å². The van der Waals surface area contributed by atoms with E-state index in [2.05, 4.69) is 49.2 Å². The first-order valence-corrected chi connectivity index (χ1v) is 7.19. The maximum absolute atomic E-state index is 5.78. The van der Waals surface area contributed by atoms with Gasteiger partial charge in [0.05, 0.1) is 12.7 Å². The van der Waals surface area contributed by atoms with Crippen LogP contribution in [-0.4, -0.2) is 44.3 Å². The van der Waals surface area contributed by atoms with Gasteiger partial charge in [0.1, 0.15) is 0 Å². The lowest BCUT2D eigenvalue weighted by Crippen LogP contribution is -2.47. The van der Waals surface area contributed by atoms with Gasteiger partial charge in [-0.2, -0.15) is 0 Å². The highest BCUT2D eigenvalue weighted by molar-refractivity contribution is 5.32. The van der Waals surface area contributed by atoms with Gasteiger partial charge in [0, 0.05) is 25.7 Å². The molecule has 1 saturated heterocycles. The van der Waals surface area contributed by atoms with E-state index in [4.69, 9.17) is 4.74 Å². The zero-order chi connectivity index (χ0) is 13.8. The average Bonchev–Trinajstić information content (AvgIpc) is 2.41. The van der Waals surface area contributed by atoms with Crippen LogP contribution in [0.5, 0.6) is 0 Å². The minimum absolute atomic E-state index is 0.311. The minimum atomic E-state index is 0.311. The number of morpholine rings is 1.